The summed E-state index contributed by atoms with van der Waals surface area (Å²) in [5.41, 5.74) is 3.30. The third kappa shape index (κ3) is 3.99. The summed E-state index contributed by atoms with van der Waals surface area (Å²) >= 11 is 1.72. The molecule has 25 heavy (non-hydrogen) atoms. The molecule has 132 valence electrons. The number of hydrogen-bond acceptors (Lipinski definition) is 4. The molecule has 0 aliphatic rings. The lowest BCUT2D eigenvalue weighted by atomic mass is 10.3. The smallest absolute Gasteiger partial charge is 0.191 e. The number of nitrogens with one attached hydrogen (secondary N) is 2. The quantitative estimate of drug-likeness (QED) is 0.545. The van der Waals surface area contributed by atoms with E-state index < -0.39 is 0 Å². The molecule has 0 atom stereocenters. The summed E-state index contributed by atoms with van der Waals surface area (Å²) in [6, 6.07) is 8.23. The van der Waals surface area contributed by atoms with E-state index in [0.717, 1.165) is 47.6 Å². The van der Waals surface area contributed by atoms with E-state index in [9.17, 15) is 0 Å². The summed E-state index contributed by atoms with van der Waals surface area (Å²) in [5.74, 6) is 1.83. The largest absolute Gasteiger partial charge is 0.355 e. The van der Waals surface area contributed by atoms with Crippen LogP contribution in [0.4, 0.5) is 0 Å². The maximum absolute atomic E-state index is 4.60. The Hall–Kier alpha value is -2.41. The summed E-state index contributed by atoms with van der Waals surface area (Å²) in [6.07, 6.45) is 0. The maximum Gasteiger partial charge on any atom is 0.191 e. The van der Waals surface area contributed by atoms with Gasteiger partial charge in [0, 0.05) is 25.0 Å². The minimum absolute atomic E-state index is 0.740. The summed E-state index contributed by atoms with van der Waals surface area (Å²) in [6.45, 7) is 8.48. The van der Waals surface area contributed by atoms with Crippen molar-refractivity contribution in [2.45, 2.75) is 33.9 Å². The minimum Gasteiger partial charge on any atom is -0.355 e. The van der Waals surface area contributed by atoms with Gasteiger partial charge in [-0.2, -0.15) is 0 Å². The van der Waals surface area contributed by atoms with Crippen LogP contribution in [0.15, 0.2) is 29.3 Å². The van der Waals surface area contributed by atoms with Crippen LogP contribution in [0.3, 0.4) is 0 Å². The molecule has 0 aliphatic heterocycles. The number of para-hydroxylation sites is 2. The van der Waals surface area contributed by atoms with Gasteiger partial charge in [0.25, 0.3) is 0 Å². The van der Waals surface area contributed by atoms with Crippen molar-refractivity contribution in [3.8, 4) is 0 Å². The fraction of sp³-hybridized carbons (Fsp3) is 0.389. The average Bonchev–Trinajstić information content (AvgIpc) is 3.09. The van der Waals surface area contributed by atoms with Gasteiger partial charge in [0.15, 0.2) is 5.96 Å². The van der Waals surface area contributed by atoms with Crippen LogP contribution in [0.25, 0.3) is 11.0 Å². The minimum atomic E-state index is 0.740. The van der Waals surface area contributed by atoms with Crippen LogP contribution in [0.5, 0.6) is 0 Å². The normalized spacial score (nSPS) is 11.9. The molecule has 7 heteroatoms. The molecule has 0 spiro atoms. The van der Waals surface area contributed by atoms with Gasteiger partial charge in [-0.25, -0.2) is 9.97 Å². The van der Waals surface area contributed by atoms with Gasteiger partial charge in [-0.1, -0.05) is 12.1 Å². The average molecular weight is 356 g/mol. The highest BCUT2D eigenvalue weighted by Gasteiger charge is 2.08. The Morgan fingerprint density at radius 1 is 1.16 bits per heavy atom. The van der Waals surface area contributed by atoms with E-state index in [-0.39, 0.29) is 0 Å². The first kappa shape index (κ1) is 17.4. The molecule has 1 aromatic carbocycles. The van der Waals surface area contributed by atoms with Gasteiger partial charge in [0.2, 0.25) is 0 Å². The summed E-state index contributed by atoms with van der Waals surface area (Å²) in [5, 5.41) is 7.82. The molecule has 3 aromatic rings. The van der Waals surface area contributed by atoms with Crippen LogP contribution >= 0.6 is 11.3 Å². The second-order valence-corrected chi connectivity index (χ2v) is 7.18. The number of thiazole rings is 1. The van der Waals surface area contributed by atoms with E-state index in [4.69, 9.17) is 0 Å². The summed E-state index contributed by atoms with van der Waals surface area (Å²) in [4.78, 5) is 14.6. The maximum atomic E-state index is 4.60. The van der Waals surface area contributed by atoms with Gasteiger partial charge in [-0.05, 0) is 32.9 Å². The van der Waals surface area contributed by atoms with Gasteiger partial charge in [0.1, 0.15) is 5.82 Å². The van der Waals surface area contributed by atoms with Crippen molar-refractivity contribution in [2.24, 2.45) is 4.99 Å². The van der Waals surface area contributed by atoms with Crippen molar-refractivity contribution >= 4 is 28.3 Å². The predicted molar refractivity (Wildman–Crippen MR) is 104 cm³/mol. The van der Waals surface area contributed by atoms with Crippen LogP contribution < -0.4 is 10.6 Å². The molecular formula is C18H24N6S. The van der Waals surface area contributed by atoms with Crippen molar-refractivity contribution < 1.29 is 0 Å². The molecule has 0 bridgehead atoms. The molecule has 0 radical (unpaired) electrons. The fourth-order valence-corrected chi connectivity index (χ4v) is 3.76. The second-order valence-electron chi connectivity index (χ2n) is 5.89. The third-order valence-corrected chi connectivity index (χ3v) is 5.19. The summed E-state index contributed by atoms with van der Waals surface area (Å²) < 4.78 is 2.23. The Bertz CT molecular complexity index is 892. The van der Waals surface area contributed by atoms with Gasteiger partial charge in [-0.3, -0.25) is 4.99 Å². The van der Waals surface area contributed by atoms with E-state index in [1.807, 2.05) is 39.0 Å². The number of rotatable bonds is 5. The van der Waals surface area contributed by atoms with Crippen molar-refractivity contribution in [1.82, 2.24) is 25.2 Å². The molecule has 2 heterocycles. The lowest BCUT2D eigenvalue weighted by Crippen LogP contribution is -2.38. The first-order valence-electron chi connectivity index (χ1n) is 8.37. The molecule has 2 aromatic heterocycles. The van der Waals surface area contributed by atoms with Crippen LogP contribution in [-0.4, -0.2) is 34.1 Å². The molecule has 0 saturated heterocycles. The highest BCUT2D eigenvalue weighted by molar-refractivity contribution is 7.11. The molecule has 6 nitrogen and oxygen atoms in total. The molecular weight excluding hydrogens is 332 g/mol. The first-order chi connectivity index (χ1) is 12.1. The van der Waals surface area contributed by atoms with Crippen molar-refractivity contribution in [1.29, 1.82) is 0 Å². The number of nitrogens with zero attached hydrogens (tertiary/aromatic N) is 4. The van der Waals surface area contributed by atoms with Gasteiger partial charge < -0.3 is 15.2 Å². The van der Waals surface area contributed by atoms with E-state index in [1.165, 1.54) is 10.4 Å². The lowest BCUT2D eigenvalue weighted by Gasteiger charge is -2.13. The molecule has 0 unspecified atom stereocenters. The third-order valence-electron chi connectivity index (χ3n) is 4.11. The van der Waals surface area contributed by atoms with Gasteiger partial charge in [0.05, 0.1) is 28.3 Å². The van der Waals surface area contributed by atoms with Crippen LogP contribution in [0.1, 0.15) is 21.4 Å². The molecule has 0 saturated carbocycles. The second kappa shape index (κ2) is 7.65. The van der Waals surface area contributed by atoms with E-state index in [0.29, 0.717) is 0 Å². The number of aromatic nitrogens is 3. The Kier molecular flexibility index (Phi) is 5.33. The standard InChI is InChI=1S/C18H24N6S/c1-12-17(25-14(3)22-12)11-21-18(19-4)20-9-10-24-13(2)23-15-7-5-6-8-16(15)24/h5-8H,9-11H2,1-4H3,(H2,19,20,21). The molecule has 0 aliphatic carbocycles. The van der Waals surface area contributed by atoms with Crippen molar-refractivity contribution in [3.63, 3.8) is 0 Å². The van der Waals surface area contributed by atoms with Crippen LogP contribution in [0.2, 0.25) is 0 Å². The Balaban J connectivity index is 1.56. The number of aliphatic imine (C=N–C) groups is 1. The summed E-state index contributed by atoms with van der Waals surface area (Å²) in [7, 11) is 1.79. The number of hydrogen-bond donors (Lipinski definition) is 2. The Labute approximate surface area is 152 Å². The van der Waals surface area contributed by atoms with Gasteiger partial charge in [-0.15, -0.1) is 11.3 Å². The zero-order valence-electron chi connectivity index (χ0n) is 15.1. The highest BCUT2D eigenvalue weighted by atomic mass is 32.1. The van der Waals surface area contributed by atoms with E-state index in [2.05, 4.69) is 36.2 Å². The number of benzene rings is 1. The molecule has 0 amide bonds. The monoisotopic (exact) mass is 356 g/mol. The van der Waals surface area contributed by atoms with E-state index >= 15 is 0 Å². The van der Waals surface area contributed by atoms with Crippen molar-refractivity contribution in [3.05, 3.63) is 45.7 Å². The molecule has 2 N–H and O–H groups in total. The topological polar surface area (TPSA) is 67.1 Å². The Morgan fingerprint density at radius 3 is 2.68 bits per heavy atom. The van der Waals surface area contributed by atoms with Gasteiger partial charge >= 0.3 is 0 Å². The number of guanidine groups is 1. The first-order valence-corrected chi connectivity index (χ1v) is 9.19. The van der Waals surface area contributed by atoms with Crippen LogP contribution in [0, 0.1) is 20.8 Å². The SMILES string of the molecule is CN=C(NCCn1c(C)nc2ccccc21)NCc1sc(C)nc1C. The lowest BCUT2D eigenvalue weighted by molar-refractivity contribution is 0.660. The van der Waals surface area contributed by atoms with Crippen LogP contribution in [-0.2, 0) is 13.1 Å². The predicted octanol–water partition coefficient (Wildman–Crippen LogP) is 2.78. The zero-order valence-corrected chi connectivity index (χ0v) is 15.9. The number of aryl methyl sites for hydroxylation is 3. The molecule has 3 rings (SSSR count). The Morgan fingerprint density at radius 2 is 1.96 bits per heavy atom. The molecule has 0 fully saturated rings. The van der Waals surface area contributed by atoms with Crippen molar-refractivity contribution in [2.75, 3.05) is 13.6 Å². The highest BCUT2D eigenvalue weighted by Crippen LogP contribution is 2.16. The fourth-order valence-electron chi connectivity index (χ4n) is 2.89. The zero-order chi connectivity index (χ0) is 17.8. The number of imidazole rings is 1. The van der Waals surface area contributed by atoms with E-state index in [1.54, 1.807) is 18.4 Å². The number of fused-ring (bicyclic) bond motifs is 1.